The summed E-state index contributed by atoms with van der Waals surface area (Å²) in [6, 6.07) is 16.1. The molecule has 170 valence electrons. The Labute approximate surface area is 188 Å². The van der Waals surface area contributed by atoms with Crippen molar-refractivity contribution < 1.29 is 14.7 Å². The summed E-state index contributed by atoms with van der Waals surface area (Å²) in [6.07, 6.45) is 8.05. The first kappa shape index (κ1) is 23.4. The Kier molecular flexibility index (Phi) is 8.72. The van der Waals surface area contributed by atoms with Crippen LogP contribution in [0.2, 0.25) is 0 Å². The lowest BCUT2D eigenvalue weighted by Gasteiger charge is -2.16. The SMILES string of the molecule is CCCCCCCCCNC(=O)c1c(O)n(OCc2ccccc2)c(=O)c2ccccc12. The van der Waals surface area contributed by atoms with Gasteiger partial charge >= 0.3 is 0 Å². The average molecular weight is 437 g/mol. The normalized spacial score (nSPS) is 10.9. The molecule has 0 aliphatic carbocycles. The molecular formula is C26H32N2O4. The van der Waals surface area contributed by atoms with Crippen LogP contribution >= 0.6 is 0 Å². The van der Waals surface area contributed by atoms with Crippen LogP contribution in [0.3, 0.4) is 0 Å². The highest BCUT2D eigenvalue weighted by Crippen LogP contribution is 2.24. The number of rotatable bonds is 12. The molecule has 0 fully saturated rings. The smallest absolute Gasteiger partial charge is 0.294 e. The molecule has 6 nitrogen and oxygen atoms in total. The van der Waals surface area contributed by atoms with Gasteiger partial charge in [0.05, 0.1) is 5.39 Å². The lowest BCUT2D eigenvalue weighted by atomic mass is 10.1. The zero-order valence-corrected chi connectivity index (χ0v) is 18.7. The largest absolute Gasteiger partial charge is 0.492 e. The van der Waals surface area contributed by atoms with Crippen molar-refractivity contribution in [2.45, 2.75) is 58.5 Å². The van der Waals surface area contributed by atoms with Crippen LogP contribution in [0.25, 0.3) is 10.8 Å². The summed E-state index contributed by atoms with van der Waals surface area (Å²) in [4.78, 5) is 31.5. The highest BCUT2D eigenvalue weighted by atomic mass is 16.7. The maximum absolute atomic E-state index is 12.9. The molecule has 0 spiro atoms. The predicted octanol–water partition coefficient (Wildman–Crippen LogP) is 4.82. The molecule has 2 N–H and O–H groups in total. The lowest BCUT2D eigenvalue weighted by molar-refractivity contribution is 0.0699. The molecule has 1 aromatic heterocycles. The third-order valence-corrected chi connectivity index (χ3v) is 5.52. The molecule has 0 radical (unpaired) electrons. The standard InChI is InChI=1S/C26H32N2O4/c1-2-3-4-5-6-7-13-18-27-24(29)23-21-16-11-12-17-22(21)25(30)28(26(23)31)32-19-20-14-9-8-10-15-20/h8-12,14-17,31H,2-7,13,18-19H2,1H3,(H,27,29). The van der Waals surface area contributed by atoms with Gasteiger partial charge in [0.1, 0.15) is 12.2 Å². The number of aromatic hydroxyl groups is 1. The predicted molar refractivity (Wildman–Crippen MR) is 127 cm³/mol. The molecule has 1 amide bonds. The number of benzene rings is 2. The van der Waals surface area contributed by atoms with Gasteiger partial charge in [0.2, 0.25) is 5.88 Å². The van der Waals surface area contributed by atoms with Crippen molar-refractivity contribution >= 4 is 16.7 Å². The van der Waals surface area contributed by atoms with E-state index in [-0.39, 0.29) is 12.2 Å². The zero-order valence-electron chi connectivity index (χ0n) is 18.7. The van der Waals surface area contributed by atoms with Crippen molar-refractivity contribution in [3.05, 3.63) is 76.1 Å². The summed E-state index contributed by atoms with van der Waals surface area (Å²) >= 11 is 0. The molecule has 1 heterocycles. The molecule has 0 aliphatic heterocycles. The fourth-order valence-electron chi connectivity index (χ4n) is 3.74. The molecule has 2 aromatic carbocycles. The highest BCUT2D eigenvalue weighted by molar-refractivity contribution is 6.08. The molecule has 0 atom stereocenters. The molecule has 32 heavy (non-hydrogen) atoms. The number of carbonyl (C=O) groups excluding carboxylic acids is 1. The second-order valence-corrected chi connectivity index (χ2v) is 7.98. The molecular weight excluding hydrogens is 404 g/mol. The van der Waals surface area contributed by atoms with E-state index >= 15 is 0 Å². The number of unbranched alkanes of at least 4 members (excludes halogenated alkanes) is 6. The van der Waals surface area contributed by atoms with Crippen LogP contribution in [-0.2, 0) is 6.61 Å². The summed E-state index contributed by atoms with van der Waals surface area (Å²) in [6.45, 7) is 2.81. The summed E-state index contributed by atoms with van der Waals surface area (Å²) in [7, 11) is 0. The Bertz CT molecular complexity index is 1080. The number of fused-ring (bicyclic) bond motifs is 1. The Morgan fingerprint density at radius 3 is 2.25 bits per heavy atom. The van der Waals surface area contributed by atoms with E-state index in [1.807, 2.05) is 30.3 Å². The van der Waals surface area contributed by atoms with E-state index in [0.717, 1.165) is 29.6 Å². The summed E-state index contributed by atoms with van der Waals surface area (Å²) in [5.41, 5.74) is 0.394. The highest BCUT2D eigenvalue weighted by Gasteiger charge is 2.22. The number of aromatic nitrogens is 1. The minimum Gasteiger partial charge on any atom is -0.492 e. The number of nitrogens with zero attached hydrogens (tertiary/aromatic N) is 1. The van der Waals surface area contributed by atoms with E-state index in [4.69, 9.17) is 4.84 Å². The Hall–Kier alpha value is -3.28. The van der Waals surface area contributed by atoms with Crippen molar-refractivity contribution in [2.75, 3.05) is 6.54 Å². The van der Waals surface area contributed by atoms with Crippen molar-refractivity contribution in [3.63, 3.8) is 0 Å². The van der Waals surface area contributed by atoms with Crippen molar-refractivity contribution in [1.82, 2.24) is 10.0 Å². The van der Waals surface area contributed by atoms with Gasteiger partial charge in [-0.05, 0) is 18.1 Å². The van der Waals surface area contributed by atoms with E-state index in [9.17, 15) is 14.7 Å². The van der Waals surface area contributed by atoms with Crippen molar-refractivity contribution in [3.8, 4) is 5.88 Å². The quantitative estimate of drug-likeness (QED) is 0.399. The van der Waals surface area contributed by atoms with Crippen molar-refractivity contribution in [2.24, 2.45) is 0 Å². The first-order chi connectivity index (χ1) is 15.6. The topological polar surface area (TPSA) is 80.6 Å². The first-order valence-corrected chi connectivity index (χ1v) is 11.5. The van der Waals surface area contributed by atoms with Gasteiger partial charge in [0, 0.05) is 11.9 Å². The number of nitrogens with one attached hydrogen (secondary N) is 1. The van der Waals surface area contributed by atoms with Crippen molar-refractivity contribution in [1.29, 1.82) is 0 Å². The average Bonchev–Trinajstić information content (AvgIpc) is 2.81. The molecule has 6 heteroatoms. The molecule has 0 saturated carbocycles. The summed E-state index contributed by atoms with van der Waals surface area (Å²) < 4.78 is 0.817. The molecule has 3 rings (SSSR count). The number of hydrogen-bond donors (Lipinski definition) is 2. The van der Waals surface area contributed by atoms with E-state index < -0.39 is 17.3 Å². The second kappa shape index (κ2) is 11.9. The van der Waals surface area contributed by atoms with E-state index in [1.54, 1.807) is 24.3 Å². The van der Waals surface area contributed by atoms with Crippen LogP contribution in [0.5, 0.6) is 5.88 Å². The summed E-state index contributed by atoms with van der Waals surface area (Å²) in [5.74, 6) is -0.900. The van der Waals surface area contributed by atoms with Crippen LogP contribution in [0.1, 0.15) is 67.8 Å². The lowest BCUT2D eigenvalue weighted by Crippen LogP contribution is -2.31. The monoisotopic (exact) mass is 436 g/mol. The number of hydrogen-bond acceptors (Lipinski definition) is 4. The third-order valence-electron chi connectivity index (χ3n) is 5.52. The van der Waals surface area contributed by atoms with Crippen LogP contribution in [-0.4, -0.2) is 22.3 Å². The Morgan fingerprint density at radius 2 is 1.53 bits per heavy atom. The maximum atomic E-state index is 12.9. The van der Waals surface area contributed by atoms with Crippen LogP contribution < -0.4 is 15.7 Å². The number of pyridine rings is 1. The summed E-state index contributed by atoms with van der Waals surface area (Å²) in [5, 5.41) is 14.4. The van der Waals surface area contributed by atoms with Gasteiger partial charge in [-0.15, -0.1) is 4.73 Å². The van der Waals surface area contributed by atoms with Gasteiger partial charge < -0.3 is 15.3 Å². The molecule has 0 bridgehead atoms. The van der Waals surface area contributed by atoms with Gasteiger partial charge in [-0.25, -0.2) is 0 Å². The fraction of sp³-hybridized carbons (Fsp3) is 0.385. The number of amides is 1. The number of carbonyl (C=O) groups is 1. The molecule has 0 saturated heterocycles. The van der Waals surface area contributed by atoms with Gasteiger partial charge in [0.25, 0.3) is 11.5 Å². The van der Waals surface area contributed by atoms with Gasteiger partial charge in [-0.3, -0.25) is 9.59 Å². The van der Waals surface area contributed by atoms with Crippen LogP contribution in [0.15, 0.2) is 59.4 Å². The molecule has 0 unspecified atom stereocenters. The molecule has 3 aromatic rings. The first-order valence-electron chi connectivity index (χ1n) is 11.5. The Morgan fingerprint density at radius 1 is 0.906 bits per heavy atom. The minimum absolute atomic E-state index is 0.0520. The Balaban J connectivity index is 1.73. The van der Waals surface area contributed by atoms with Crippen LogP contribution in [0.4, 0.5) is 0 Å². The molecule has 0 aliphatic rings. The van der Waals surface area contributed by atoms with E-state index in [2.05, 4.69) is 12.2 Å². The van der Waals surface area contributed by atoms with Crippen LogP contribution in [0, 0.1) is 0 Å². The van der Waals surface area contributed by atoms with E-state index in [1.165, 1.54) is 25.7 Å². The maximum Gasteiger partial charge on any atom is 0.294 e. The van der Waals surface area contributed by atoms with E-state index in [0.29, 0.717) is 17.3 Å². The minimum atomic E-state index is -0.502. The zero-order chi connectivity index (χ0) is 22.8. The fourth-order valence-corrected chi connectivity index (χ4v) is 3.74. The van der Waals surface area contributed by atoms with Gasteiger partial charge in [0.15, 0.2) is 0 Å². The third kappa shape index (κ3) is 5.90. The van der Waals surface area contributed by atoms with Gasteiger partial charge in [-0.1, -0.05) is 94.0 Å². The second-order valence-electron chi connectivity index (χ2n) is 7.98. The van der Waals surface area contributed by atoms with Gasteiger partial charge in [-0.2, -0.15) is 0 Å².